The normalized spacial score (nSPS) is 14.1. The van der Waals surface area contributed by atoms with E-state index in [4.69, 9.17) is 4.42 Å². The van der Waals surface area contributed by atoms with Crippen molar-refractivity contribution in [2.45, 2.75) is 24.3 Å². The van der Waals surface area contributed by atoms with Crippen molar-refractivity contribution in [1.82, 2.24) is 4.72 Å². The highest BCUT2D eigenvalue weighted by molar-refractivity contribution is 7.89. The summed E-state index contributed by atoms with van der Waals surface area (Å²) in [6, 6.07) is 16.1. The molecule has 3 aromatic rings. The Hall–Kier alpha value is -3.43. The molecule has 0 bridgehead atoms. The fourth-order valence-corrected chi connectivity index (χ4v) is 4.29. The molecule has 1 aliphatic heterocycles. The monoisotopic (exact) mass is 439 g/mol. The molecule has 1 aliphatic rings. The van der Waals surface area contributed by atoms with E-state index < -0.39 is 10.0 Å². The molecule has 0 spiro atoms. The fourth-order valence-electron chi connectivity index (χ4n) is 3.30. The standard InChI is InChI=1S/C22H21N3O5S/c26-21-4-1-13-25(21)18-9-5-16(6-10-18)22(27)24-17-7-11-20(12-8-17)31(28,29)23-15-19-3-2-14-30-19/h2-3,5-12,14,23H,1,4,13,15H2,(H,24,27). The molecule has 2 aromatic carbocycles. The van der Waals surface area contributed by atoms with Crippen molar-refractivity contribution >= 4 is 33.2 Å². The summed E-state index contributed by atoms with van der Waals surface area (Å²) in [5.74, 6) is 0.268. The molecule has 2 amide bonds. The van der Waals surface area contributed by atoms with E-state index in [0.717, 1.165) is 12.1 Å². The van der Waals surface area contributed by atoms with E-state index >= 15 is 0 Å². The van der Waals surface area contributed by atoms with E-state index in [1.54, 1.807) is 41.3 Å². The van der Waals surface area contributed by atoms with Gasteiger partial charge in [-0.1, -0.05) is 0 Å². The van der Waals surface area contributed by atoms with Gasteiger partial charge in [-0.2, -0.15) is 0 Å². The Labute approximate surface area is 179 Å². The first-order valence-electron chi connectivity index (χ1n) is 9.76. The number of nitrogens with one attached hydrogen (secondary N) is 2. The van der Waals surface area contributed by atoms with Gasteiger partial charge in [-0.3, -0.25) is 9.59 Å². The first-order chi connectivity index (χ1) is 14.9. The van der Waals surface area contributed by atoms with Crippen molar-refractivity contribution in [1.29, 1.82) is 0 Å². The van der Waals surface area contributed by atoms with Crippen LogP contribution in [0.15, 0.2) is 76.2 Å². The third kappa shape index (κ3) is 4.84. The number of rotatable bonds is 7. The molecule has 0 atom stereocenters. The summed E-state index contributed by atoms with van der Waals surface area (Å²) >= 11 is 0. The molecule has 0 unspecified atom stereocenters. The average Bonchev–Trinajstić information content (AvgIpc) is 3.44. The highest BCUT2D eigenvalue weighted by Crippen LogP contribution is 2.22. The first kappa shape index (κ1) is 20.8. The number of sulfonamides is 1. The maximum absolute atomic E-state index is 12.5. The van der Waals surface area contributed by atoms with Gasteiger partial charge in [0.15, 0.2) is 0 Å². The second-order valence-corrected chi connectivity index (χ2v) is 8.85. The Morgan fingerprint density at radius 2 is 1.77 bits per heavy atom. The van der Waals surface area contributed by atoms with Crippen molar-refractivity contribution in [2.75, 3.05) is 16.8 Å². The van der Waals surface area contributed by atoms with Crippen LogP contribution in [0, 0.1) is 0 Å². The molecule has 0 radical (unpaired) electrons. The Morgan fingerprint density at radius 3 is 2.39 bits per heavy atom. The van der Waals surface area contributed by atoms with Crippen LogP contribution in [0.4, 0.5) is 11.4 Å². The first-order valence-corrected chi connectivity index (χ1v) is 11.2. The molecule has 9 heteroatoms. The lowest BCUT2D eigenvalue weighted by atomic mass is 10.1. The van der Waals surface area contributed by atoms with Crippen LogP contribution in [0.2, 0.25) is 0 Å². The molecule has 0 saturated carbocycles. The zero-order chi connectivity index (χ0) is 21.8. The number of furan rings is 1. The van der Waals surface area contributed by atoms with E-state index in [2.05, 4.69) is 10.0 Å². The fraction of sp³-hybridized carbons (Fsp3) is 0.182. The number of carbonyl (C=O) groups is 2. The summed E-state index contributed by atoms with van der Waals surface area (Å²) in [6.45, 7) is 0.739. The summed E-state index contributed by atoms with van der Waals surface area (Å²) in [4.78, 5) is 26.1. The zero-order valence-corrected chi connectivity index (χ0v) is 17.4. The van der Waals surface area contributed by atoms with Crippen LogP contribution in [0.5, 0.6) is 0 Å². The van der Waals surface area contributed by atoms with Crippen molar-refractivity contribution < 1.29 is 22.4 Å². The van der Waals surface area contributed by atoms with Crippen LogP contribution < -0.4 is 14.9 Å². The second kappa shape index (κ2) is 8.75. The number of carbonyl (C=O) groups excluding carboxylic acids is 2. The Morgan fingerprint density at radius 1 is 1.03 bits per heavy atom. The molecule has 4 rings (SSSR count). The highest BCUT2D eigenvalue weighted by atomic mass is 32.2. The molecule has 1 saturated heterocycles. The number of hydrogen-bond donors (Lipinski definition) is 2. The van der Waals surface area contributed by atoms with E-state index in [9.17, 15) is 18.0 Å². The summed E-state index contributed by atoms with van der Waals surface area (Å²) in [7, 11) is -3.71. The molecule has 31 heavy (non-hydrogen) atoms. The van der Waals surface area contributed by atoms with Gasteiger partial charge in [-0.15, -0.1) is 0 Å². The zero-order valence-electron chi connectivity index (χ0n) is 16.6. The van der Waals surface area contributed by atoms with Gasteiger partial charge in [0.05, 0.1) is 17.7 Å². The summed E-state index contributed by atoms with van der Waals surface area (Å²) in [6.07, 6.45) is 2.86. The van der Waals surface area contributed by atoms with Gasteiger partial charge >= 0.3 is 0 Å². The molecule has 2 heterocycles. The van der Waals surface area contributed by atoms with Crippen LogP contribution >= 0.6 is 0 Å². The number of anilines is 2. The van der Waals surface area contributed by atoms with Gasteiger partial charge < -0.3 is 14.6 Å². The lowest BCUT2D eigenvalue weighted by Gasteiger charge is -2.15. The van der Waals surface area contributed by atoms with E-state index in [-0.39, 0.29) is 23.3 Å². The number of amides is 2. The van der Waals surface area contributed by atoms with Gasteiger partial charge in [-0.05, 0) is 67.1 Å². The van der Waals surface area contributed by atoms with Gasteiger partial charge in [0, 0.05) is 29.9 Å². The molecule has 8 nitrogen and oxygen atoms in total. The Kier molecular flexibility index (Phi) is 5.88. The Bertz CT molecular complexity index is 1170. The average molecular weight is 439 g/mol. The number of nitrogens with zero attached hydrogens (tertiary/aromatic N) is 1. The molecule has 1 fully saturated rings. The molecule has 0 aliphatic carbocycles. The van der Waals surface area contributed by atoms with Gasteiger partial charge in [0.2, 0.25) is 15.9 Å². The minimum atomic E-state index is -3.71. The van der Waals surface area contributed by atoms with Crippen LogP contribution in [0.1, 0.15) is 29.0 Å². The summed E-state index contributed by atoms with van der Waals surface area (Å²) < 4.78 is 32.3. The number of benzene rings is 2. The van der Waals surface area contributed by atoms with Crippen molar-refractivity contribution in [3.05, 3.63) is 78.3 Å². The van der Waals surface area contributed by atoms with Crippen molar-refractivity contribution in [3.63, 3.8) is 0 Å². The minimum absolute atomic E-state index is 0.0485. The predicted octanol–water partition coefficient (Wildman–Crippen LogP) is 3.14. The minimum Gasteiger partial charge on any atom is -0.468 e. The largest absolute Gasteiger partial charge is 0.468 e. The molecule has 2 N–H and O–H groups in total. The number of hydrogen-bond acceptors (Lipinski definition) is 5. The quantitative estimate of drug-likeness (QED) is 0.588. The maximum Gasteiger partial charge on any atom is 0.255 e. The lowest BCUT2D eigenvalue weighted by molar-refractivity contribution is -0.117. The highest BCUT2D eigenvalue weighted by Gasteiger charge is 2.21. The lowest BCUT2D eigenvalue weighted by Crippen LogP contribution is -2.23. The SMILES string of the molecule is O=C(Nc1ccc(S(=O)(=O)NCc2ccco2)cc1)c1ccc(N2CCCC2=O)cc1. The summed E-state index contributed by atoms with van der Waals surface area (Å²) in [5.41, 5.74) is 1.68. The van der Waals surface area contributed by atoms with E-state index in [1.165, 1.54) is 30.5 Å². The van der Waals surface area contributed by atoms with Crippen molar-refractivity contribution in [2.24, 2.45) is 0 Å². The molecule has 160 valence electrons. The van der Waals surface area contributed by atoms with Gasteiger partial charge in [0.1, 0.15) is 5.76 Å². The van der Waals surface area contributed by atoms with Crippen LogP contribution in [-0.2, 0) is 21.4 Å². The third-order valence-electron chi connectivity index (χ3n) is 4.95. The smallest absolute Gasteiger partial charge is 0.255 e. The molecular weight excluding hydrogens is 418 g/mol. The predicted molar refractivity (Wildman–Crippen MR) is 115 cm³/mol. The molecule has 1 aromatic heterocycles. The van der Waals surface area contributed by atoms with Crippen LogP contribution in [0.25, 0.3) is 0 Å². The van der Waals surface area contributed by atoms with E-state index in [1.807, 2.05) is 0 Å². The third-order valence-corrected chi connectivity index (χ3v) is 6.37. The van der Waals surface area contributed by atoms with E-state index in [0.29, 0.717) is 30.0 Å². The summed E-state index contributed by atoms with van der Waals surface area (Å²) in [5, 5.41) is 2.74. The Balaban J connectivity index is 1.38. The maximum atomic E-state index is 12.5. The van der Waals surface area contributed by atoms with Gasteiger partial charge in [0.25, 0.3) is 5.91 Å². The van der Waals surface area contributed by atoms with Gasteiger partial charge in [-0.25, -0.2) is 13.1 Å². The van der Waals surface area contributed by atoms with Crippen molar-refractivity contribution in [3.8, 4) is 0 Å². The molecular formula is C22H21N3O5S. The second-order valence-electron chi connectivity index (χ2n) is 7.08. The van der Waals surface area contributed by atoms with Crippen LogP contribution in [0.3, 0.4) is 0 Å². The topological polar surface area (TPSA) is 109 Å². The van der Waals surface area contributed by atoms with Crippen LogP contribution in [-0.4, -0.2) is 26.8 Å².